The summed E-state index contributed by atoms with van der Waals surface area (Å²) in [6.07, 6.45) is 2.16. The number of halogens is 3. The lowest BCUT2D eigenvalue weighted by Gasteiger charge is -2.29. The first-order chi connectivity index (χ1) is 18.6. The van der Waals surface area contributed by atoms with Gasteiger partial charge in [-0.2, -0.15) is 10.1 Å². The number of alkyl halides is 3. The van der Waals surface area contributed by atoms with Gasteiger partial charge >= 0.3 is 12.0 Å². The number of nitrogens with zero attached hydrogens (tertiary/aromatic N) is 5. The standard InChI is InChI=1S/C25H31F3N8O3/c1-16-19(15-35(2)34-16)13-29-20-9-7-17(8-10-20)11-30-23-21(36(37)38)14-32-24(33-23)31-12-18-5-3-4-6-22(18)39-25(26,27)28/h3-6,14-15,17,20,29H,7-13H2,1-2H3,(H2,30,31,32,33)/t17-,20-. The maximum atomic E-state index is 12.7. The number of hydrogen-bond acceptors (Lipinski definition) is 9. The molecule has 0 radical (unpaired) electrons. The number of anilines is 2. The number of nitro groups is 1. The van der Waals surface area contributed by atoms with Crippen molar-refractivity contribution in [2.45, 2.75) is 58.1 Å². The van der Waals surface area contributed by atoms with Crippen molar-refractivity contribution in [1.29, 1.82) is 0 Å². The number of nitrogens with one attached hydrogen (secondary N) is 3. The summed E-state index contributed by atoms with van der Waals surface area (Å²) in [6.45, 7) is 3.20. The third-order valence-corrected chi connectivity index (χ3v) is 6.70. The Bertz CT molecular complexity index is 1280. The fraction of sp³-hybridized carbons (Fsp3) is 0.480. The first-order valence-electron chi connectivity index (χ1n) is 12.6. The van der Waals surface area contributed by atoms with E-state index in [1.54, 1.807) is 6.07 Å². The minimum Gasteiger partial charge on any atom is -0.405 e. The van der Waals surface area contributed by atoms with Crippen molar-refractivity contribution in [3.8, 4) is 5.75 Å². The van der Waals surface area contributed by atoms with Gasteiger partial charge in [-0.15, -0.1) is 13.2 Å². The highest BCUT2D eigenvalue weighted by Gasteiger charge is 2.32. The number of aryl methyl sites for hydroxylation is 2. The van der Waals surface area contributed by atoms with Gasteiger partial charge in [0.05, 0.1) is 10.6 Å². The molecule has 2 aromatic heterocycles. The minimum atomic E-state index is -4.83. The second kappa shape index (κ2) is 12.3. The van der Waals surface area contributed by atoms with E-state index in [4.69, 9.17) is 0 Å². The van der Waals surface area contributed by atoms with E-state index in [2.05, 4.69) is 35.8 Å². The molecule has 0 unspecified atom stereocenters. The fourth-order valence-corrected chi connectivity index (χ4v) is 4.66. The summed E-state index contributed by atoms with van der Waals surface area (Å²) in [5, 5.41) is 25.4. The highest BCUT2D eigenvalue weighted by atomic mass is 19.4. The molecule has 1 saturated carbocycles. The van der Waals surface area contributed by atoms with E-state index in [9.17, 15) is 23.3 Å². The van der Waals surface area contributed by atoms with E-state index < -0.39 is 11.3 Å². The number of ether oxygens (including phenoxy) is 1. The molecular weight excluding hydrogens is 517 g/mol. The maximum absolute atomic E-state index is 12.7. The molecule has 2 heterocycles. The second-order valence-corrected chi connectivity index (χ2v) is 9.59. The molecular formula is C25H31F3N8O3. The van der Waals surface area contributed by atoms with Gasteiger partial charge in [0.2, 0.25) is 11.8 Å². The number of benzene rings is 1. The molecule has 0 aliphatic heterocycles. The molecule has 0 spiro atoms. The molecule has 1 aliphatic rings. The Balaban J connectivity index is 1.31. The zero-order valence-corrected chi connectivity index (χ0v) is 21.7. The van der Waals surface area contributed by atoms with Crippen LogP contribution in [-0.2, 0) is 20.1 Å². The third-order valence-electron chi connectivity index (χ3n) is 6.70. The molecule has 1 aromatic carbocycles. The van der Waals surface area contributed by atoms with Crippen LogP contribution in [0.4, 0.5) is 30.6 Å². The van der Waals surface area contributed by atoms with Crippen LogP contribution >= 0.6 is 0 Å². The van der Waals surface area contributed by atoms with E-state index in [1.807, 2.05) is 24.9 Å². The number of para-hydroxylation sites is 1. The minimum absolute atomic E-state index is 0.0449. The van der Waals surface area contributed by atoms with Gasteiger partial charge in [-0.05, 0) is 44.6 Å². The zero-order chi connectivity index (χ0) is 28.0. The lowest BCUT2D eigenvalue weighted by Crippen LogP contribution is -2.34. The van der Waals surface area contributed by atoms with Gasteiger partial charge in [0.15, 0.2) is 0 Å². The predicted molar refractivity (Wildman–Crippen MR) is 138 cm³/mol. The molecule has 0 saturated heterocycles. The first kappa shape index (κ1) is 28.1. The van der Waals surface area contributed by atoms with Crippen molar-refractivity contribution < 1.29 is 22.8 Å². The first-order valence-corrected chi connectivity index (χ1v) is 12.6. The van der Waals surface area contributed by atoms with Gasteiger partial charge in [-0.25, -0.2) is 4.98 Å². The topological polar surface area (TPSA) is 132 Å². The molecule has 3 aromatic rings. The van der Waals surface area contributed by atoms with Gasteiger partial charge < -0.3 is 20.7 Å². The Kier molecular flexibility index (Phi) is 8.84. The van der Waals surface area contributed by atoms with Crippen LogP contribution in [0.5, 0.6) is 5.75 Å². The number of hydrogen-bond donors (Lipinski definition) is 3. The van der Waals surface area contributed by atoms with Gasteiger partial charge in [-0.1, -0.05) is 18.2 Å². The average molecular weight is 549 g/mol. The quantitative estimate of drug-likeness (QED) is 0.230. The second-order valence-electron chi connectivity index (χ2n) is 9.59. The Morgan fingerprint density at radius 1 is 1.13 bits per heavy atom. The van der Waals surface area contributed by atoms with Crippen LogP contribution in [0, 0.1) is 23.0 Å². The Labute approximate surface area is 223 Å². The van der Waals surface area contributed by atoms with Gasteiger partial charge in [0.25, 0.3) is 0 Å². The summed E-state index contributed by atoms with van der Waals surface area (Å²) < 4.78 is 44.0. The third kappa shape index (κ3) is 8.02. The summed E-state index contributed by atoms with van der Waals surface area (Å²) in [6, 6.07) is 6.09. The van der Waals surface area contributed by atoms with Crippen molar-refractivity contribution in [2.75, 3.05) is 17.2 Å². The molecule has 11 nitrogen and oxygen atoms in total. The molecule has 0 bridgehead atoms. The Hall–Kier alpha value is -3.94. The summed E-state index contributed by atoms with van der Waals surface area (Å²) >= 11 is 0. The number of rotatable bonds is 11. The van der Waals surface area contributed by atoms with Crippen molar-refractivity contribution in [3.63, 3.8) is 0 Å². The maximum Gasteiger partial charge on any atom is 0.573 e. The van der Waals surface area contributed by atoms with Crippen LogP contribution in [-0.4, -0.2) is 43.6 Å². The summed E-state index contributed by atoms with van der Waals surface area (Å²) in [4.78, 5) is 19.1. The van der Waals surface area contributed by atoms with Crippen molar-refractivity contribution in [1.82, 2.24) is 25.1 Å². The zero-order valence-electron chi connectivity index (χ0n) is 21.7. The van der Waals surface area contributed by atoms with E-state index >= 15 is 0 Å². The highest BCUT2D eigenvalue weighted by Crippen LogP contribution is 2.29. The van der Waals surface area contributed by atoms with Crippen molar-refractivity contribution in [2.24, 2.45) is 13.0 Å². The molecule has 210 valence electrons. The SMILES string of the molecule is Cc1nn(C)cc1CN[C@H]1CC[C@H](CNc2nc(NCc3ccccc3OC(F)(F)F)ncc2[N+](=O)[O-])CC1. The van der Waals surface area contributed by atoms with E-state index in [0.717, 1.165) is 44.1 Å². The van der Waals surface area contributed by atoms with Gasteiger partial charge in [-0.3, -0.25) is 14.8 Å². The van der Waals surface area contributed by atoms with E-state index in [0.29, 0.717) is 18.5 Å². The van der Waals surface area contributed by atoms with Crippen LogP contribution in [0.25, 0.3) is 0 Å². The van der Waals surface area contributed by atoms with Crippen LogP contribution in [0.3, 0.4) is 0 Å². The smallest absolute Gasteiger partial charge is 0.405 e. The fourth-order valence-electron chi connectivity index (χ4n) is 4.66. The highest BCUT2D eigenvalue weighted by molar-refractivity contribution is 5.57. The van der Waals surface area contributed by atoms with Crippen LogP contribution in [0.1, 0.15) is 42.5 Å². The molecule has 0 atom stereocenters. The van der Waals surface area contributed by atoms with E-state index in [1.165, 1.54) is 23.8 Å². The summed E-state index contributed by atoms with van der Waals surface area (Å²) in [5.41, 5.74) is 2.15. The number of aromatic nitrogens is 4. The molecule has 1 fully saturated rings. The van der Waals surface area contributed by atoms with Crippen molar-refractivity contribution >= 4 is 17.5 Å². The van der Waals surface area contributed by atoms with Crippen LogP contribution in [0.2, 0.25) is 0 Å². The largest absolute Gasteiger partial charge is 0.573 e. The molecule has 3 N–H and O–H groups in total. The Morgan fingerprint density at radius 3 is 2.54 bits per heavy atom. The summed E-state index contributed by atoms with van der Waals surface area (Å²) in [7, 11) is 1.91. The lowest BCUT2D eigenvalue weighted by molar-refractivity contribution is -0.384. The predicted octanol–water partition coefficient (Wildman–Crippen LogP) is 4.70. The molecule has 39 heavy (non-hydrogen) atoms. The van der Waals surface area contributed by atoms with Crippen molar-refractivity contribution in [3.05, 3.63) is 63.6 Å². The lowest BCUT2D eigenvalue weighted by atomic mass is 9.86. The van der Waals surface area contributed by atoms with E-state index in [-0.39, 0.29) is 35.3 Å². The van der Waals surface area contributed by atoms with Crippen LogP contribution < -0.4 is 20.7 Å². The normalized spacial score (nSPS) is 17.6. The van der Waals surface area contributed by atoms with Crippen LogP contribution in [0.15, 0.2) is 36.7 Å². The summed E-state index contributed by atoms with van der Waals surface area (Å²) in [5.74, 6) is 0.0760. The van der Waals surface area contributed by atoms with Gasteiger partial charge in [0.1, 0.15) is 11.9 Å². The molecule has 4 rings (SSSR count). The molecule has 14 heteroatoms. The monoisotopic (exact) mass is 548 g/mol. The Morgan fingerprint density at radius 2 is 1.87 bits per heavy atom. The van der Waals surface area contributed by atoms with Gasteiger partial charge in [0, 0.05) is 50.0 Å². The molecule has 0 amide bonds. The average Bonchev–Trinajstić information content (AvgIpc) is 3.21. The molecule has 1 aliphatic carbocycles.